The Morgan fingerprint density at radius 1 is 1.28 bits per heavy atom. The minimum atomic E-state index is -0.632. The predicted octanol–water partition coefficient (Wildman–Crippen LogP) is 1.96. The Hall–Kier alpha value is -1.61. The molecule has 1 aromatic rings. The number of carbonyl (C=O) groups is 1. The van der Waals surface area contributed by atoms with Crippen LogP contribution in [-0.4, -0.2) is 24.1 Å². The van der Waals surface area contributed by atoms with Crippen LogP contribution in [0.15, 0.2) is 42.2 Å². The quantitative estimate of drug-likeness (QED) is 0.886. The van der Waals surface area contributed by atoms with Gasteiger partial charge >= 0.3 is 0 Å². The number of ether oxygens (including phenoxy) is 1. The van der Waals surface area contributed by atoms with E-state index < -0.39 is 6.10 Å². The summed E-state index contributed by atoms with van der Waals surface area (Å²) in [6.45, 7) is 1.85. The van der Waals surface area contributed by atoms with Gasteiger partial charge in [-0.3, -0.25) is 4.79 Å². The molecule has 18 heavy (non-hydrogen) atoms. The van der Waals surface area contributed by atoms with Crippen LogP contribution < -0.4 is 0 Å². The van der Waals surface area contributed by atoms with E-state index in [-0.39, 0.29) is 23.4 Å². The van der Waals surface area contributed by atoms with E-state index in [9.17, 15) is 9.90 Å². The first-order chi connectivity index (χ1) is 8.63. The van der Waals surface area contributed by atoms with Crippen molar-refractivity contribution < 1.29 is 14.6 Å². The predicted molar refractivity (Wildman–Crippen MR) is 68.9 cm³/mol. The third-order valence-electron chi connectivity index (χ3n) is 3.59. The fourth-order valence-electron chi connectivity index (χ4n) is 2.43. The number of aliphatic hydroxyl groups is 1. The van der Waals surface area contributed by atoms with E-state index >= 15 is 0 Å². The van der Waals surface area contributed by atoms with Crippen LogP contribution in [0.5, 0.6) is 0 Å². The van der Waals surface area contributed by atoms with Gasteiger partial charge in [0.05, 0.1) is 13.2 Å². The second-order valence-corrected chi connectivity index (χ2v) is 4.73. The van der Waals surface area contributed by atoms with E-state index in [0.29, 0.717) is 6.42 Å². The molecule has 3 atom stereocenters. The molecule has 1 N–H and O–H groups in total. The van der Waals surface area contributed by atoms with Gasteiger partial charge in [-0.25, -0.2) is 0 Å². The molecule has 1 aliphatic rings. The summed E-state index contributed by atoms with van der Waals surface area (Å²) in [6, 6.07) is 9.91. The molecule has 0 heterocycles. The molecule has 96 valence electrons. The van der Waals surface area contributed by atoms with Crippen LogP contribution in [0.2, 0.25) is 0 Å². The van der Waals surface area contributed by atoms with E-state index in [1.165, 1.54) is 13.2 Å². The number of hydrogen-bond donors (Lipinski definition) is 1. The molecule has 0 spiro atoms. The highest BCUT2D eigenvalue weighted by molar-refractivity contribution is 5.96. The van der Waals surface area contributed by atoms with E-state index in [1.54, 1.807) is 0 Å². The number of aliphatic hydroxyl groups excluding tert-OH is 1. The lowest BCUT2D eigenvalue weighted by Gasteiger charge is -2.30. The number of rotatable bonds is 3. The lowest BCUT2D eigenvalue weighted by atomic mass is 9.77. The molecule has 1 aliphatic carbocycles. The van der Waals surface area contributed by atoms with Gasteiger partial charge in [0.1, 0.15) is 0 Å². The van der Waals surface area contributed by atoms with Crippen molar-refractivity contribution in [1.29, 1.82) is 0 Å². The Bertz CT molecular complexity index is 450. The number of ketones is 1. The molecule has 0 saturated heterocycles. The van der Waals surface area contributed by atoms with Gasteiger partial charge in [0.15, 0.2) is 11.5 Å². The van der Waals surface area contributed by atoms with Crippen molar-refractivity contribution >= 4 is 5.78 Å². The monoisotopic (exact) mass is 246 g/mol. The van der Waals surface area contributed by atoms with Crippen molar-refractivity contribution in [3.63, 3.8) is 0 Å². The van der Waals surface area contributed by atoms with Gasteiger partial charge in [0.25, 0.3) is 0 Å². The van der Waals surface area contributed by atoms with Crippen LogP contribution in [0, 0.1) is 11.8 Å². The lowest BCUT2D eigenvalue weighted by Crippen LogP contribution is -2.37. The van der Waals surface area contributed by atoms with Crippen LogP contribution in [0.1, 0.15) is 12.5 Å². The molecule has 0 amide bonds. The zero-order valence-electron chi connectivity index (χ0n) is 10.7. The molecule has 0 aromatic heterocycles. The summed E-state index contributed by atoms with van der Waals surface area (Å²) in [6.07, 6.45) is 1.59. The summed E-state index contributed by atoms with van der Waals surface area (Å²) in [7, 11) is 1.46. The zero-order valence-corrected chi connectivity index (χ0v) is 10.7. The standard InChI is InChI=1S/C15H18O3/c1-10-12(8-11-6-4-3-5-7-11)13(16)9-14(18-2)15(10)17/h3-7,9-10,12-13,16H,8H2,1-2H3. The molecular formula is C15H18O3. The van der Waals surface area contributed by atoms with Gasteiger partial charge in [-0.2, -0.15) is 0 Å². The Morgan fingerprint density at radius 2 is 1.94 bits per heavy atom. The summed E-state index contributed by atoms with van der Waals surface area (Å²) >= 11 is 0. The average Bonchev–Trinajstić information content (AvgIpc) is 2.40. The highest BCUT2D eigenvalue weighted by Gasteiger charge is 2.36. The van der Waals surface area contributed by atoms with Crippen molar-refractivity contribution in [2.24, 2.45) is 11.8 Å². The number of benzene rings is 1. The summed E-state index contributed by atoms with van der Waals surface area (Å²) in [5.74, 6) is -0.0537. The molecule has 2 rings (SSSR count). The van der Waals surface area contributed by atoms with Gasteiger partial charge in [-0.05, 0) is 18.1 Å². The maximum Gasteiger partial charge on any atom is 0.200 e. The molecule has 3 unspecified atom stereocenters. The highest BCUT2D eigenvalue weighted by atomic mass is 16.5. The molecule has 0 bridgehead atoms. The first-order valence-corrected chi connectivity index (χ1v) is 6.15. The second kappa shape index (κ2) is 5.36. The third kappa shape index (κ3) is 2.46. The van der Waals surface area contributed by atoms with Crippen molar-refractivity contribution in [2.45, 2.75) is 19.4 Å². The smallest absolute Gasteiger partial charge is 0.200 e. The number of hydrogen-bond acceptors (Lipinski definition) is 3. The largest absolute Gasteiger partial charge is 0.493 e. The molecule has 3 heteroatoms. The Kier molecular flexibility index (Phi) is 3.82. The first kappa shape index (κ1) is 12.8. The Balaban J connectivity index is 2.19. The number of methoxy groups -OCH3 is 1. The highest BCUT2D eigenvalue weighted by Crippen LogP contribution is 2.30. The van der Waals surface area contributed by atoms with Crippen molar-refractivity contribution in [3.8, 4) is 0 Å². The van der Waals surface area contributed by atoms with Crippen LogP contribution in [0.25, 0.3) is 0 Å². The van der Waals surface area contributed by atoms with Gasteiger partial charge < -0.3 is 9.84 Å². The fraction of sp³-hybridized carbons (Fsp3) is 0.400. The second-order valence-electron chi connectivity index (χ2n) is 4.73. The van der Waals surface area contributed by atoms with E-state index in [4.69, 9.17) is 4.74 Å². The third-order valence-corrected chi connectivity index (χ3v) is 3.59. The molecule has 1 aromatic carbocycles. The molecular weight excluding hydrogens is 228 g/mol. The topological polar surface area (TPSA) is 46.5 Å². The Morgan fingerprint density at radius 3 is 2.56 bits per heavy atom. The van der Waals surface area contributed by atoms with Crippen LogP contribution in [-0.2, 0) is 16.0 Å². The molecule has 0 fully saturated rings. The summed E-state index contributed by atoms with van der Waals surface area (Å²) in [5.41, 5.74) is 1.13. The molecule has 0 saturated carbocycles. The zero-order chi connectivity index (χ0) is 13.1. The summed E-state index contributed by atoms with van der Waals surface area (Å²) < 4.78 is 4.99. The summed E-state index contributed by atoms with van der Waals surface area (Å²) in [4.78, 5) is 12.0. The summed E-state index contributed by atoms with van der Waals surface area (Å²) in [5, 5.41) is 10.1. The number of allylic oxidation sites excluding steroid dienone is 1. The minimum absolute atomic E-state index is 0.0243. The van der Waals surface area contributed by atoms with Crippen molar-refractivity contribution in [1.82, 2.24) is 0 Å². The number of carbonyl (C=O) groups excluding carboxylic acids is 1. The molecule has 0 aliphatic heterocycles. The fourth-order valence-corrected chi connectivity index (χ4v) is 2.43. The van der Waals surface area contributed by atoms with Crippen molar-refractivity contribution in [3.05, 3.63) is 47.7 Å². The van der Waals surface area contributed by atoms with Gasteiger partial charge in [0, 0.05) is 11.8 Å². The first-order valence-electron chi connectivity index (χ1n) is 6.15. The van der Waals surface area contributed by atoms with E-state index in [1.807, 2.05) is 37.3 Å². The van der Waals surface area contributed by atoms with Crippen LogP contribution in [0.4, 0.5) is 0 Å². The maximum absolute atomic E-state index is 12.0. The lowest BCUT2D eigenvalue weighted by molar-refractivity contribution is -0.126. The van der Waals surface area contributed by atoms with Crippen molar-refractivity contribution in [2.75, 3.05) is 7.11 Å². The molecule has 0 radical (unpaired) electrons. The minimum Gasteiger partial charge on any atom is -0.493 e. The van der Waals surface area contributed by atoms with Crippen LogP contribution >= 0.6 is 0 Å². The van der Waals surface area contributed by atoms with Crippen LogP contribution in [0.3, 0.4) is 0 Å². The number of Topliss-reactive ketones (excluding diaryl/α,β-unsaturated/α-hetero) is 1. The SMILES string of the molecule is COC1=CC(O)C(Cc2ccccc2)C(C)C1=O. The molecule has 3 nitrogen and oxygen atoms in total. The van der Waals surface area contributed by atoms with Gasteiger partial charge in [0.2, 0.25) is 0 Å². The van der Waals surface area contributed by atoms with E-state index in [2.05, 4.69) is 0 Å². The van der Waals surface area contributed by atoms with Gasteiger partial charge in [-0.1, -0.05) is 37.3 Å². The average molecular weight is 246 g/mol. The van der Waals surface area contributed by atoms with Gasteiger partial charge in [-0.15, -0.1) is 0 Å². The van der Waals surface area contributed by atoms with E-state index in [0.717, 1.165) is 5.56 Å². The Labute approximate surface area is 107 Å². The maximum atomic E-state index is 12.0. The normalized spacial score (nSPS) is 27.8.